The van der Waals surface area contributed by atoms with Crippen molar-refractivity contribution < 1.29 is 9.53 Å². The molecule has 0 amide bonds. The van der Waals surface area contributed by atoms with Crippen LogP contribution in [-0.2, 0) is 11.3 Å². The summed E-state index contributed by atoms with van der Waals surface area (Å²) in [6.45, 7) is 7.92. The summed E-state index contributed by atoms with van der Waals surface area (Å²) in [5.41, 5.74) is 5.92. The lowest BCUT2D eigenvalue weighted by molar-refractivity contribution is 0.0458. The molecule has 2 N–H and O–H groups in total. The van der Waals surface area contributed by atoms with Gasteiger partial charge in [0.25, 0.3) is 0 Å². The number of imidazole rings is 1. The maximum atomic E-state index is 11.6. The second kappa shape index (κ2) is 5.82. The molecule has 0 bridgehead atoms. The van der Waals surface area contributed by atoms with Crippen LogP contribution in [0.1, 0.15) is 37.7 Å². The molecule has 1 heterocycles. The Morgan fingerprint density at radius 2 is 2.24 bits per heavy atom. The number of rotatable bonds is 5. The molecule has 0 saturated heterocycles. The Morgan fingerprint density at radius 3 is 2.82 bits per heavy atom. The molecule has 0 aliphatic heterocycles. The van der Waals surface area contributed by atoms with E-state index in [1.54, 1.807) is 17.1 Å². The highest BCUT2D eigenvalue weighted by molar-refractivity contribution is 5.86. The number of esters is 1. The van der Waals surface area contributed by atoms with Gasteiger partial charge in [0.15, 0.2) is 5.69 Å². The quantitative estimate of drug-likeness (QED) is 0.789. The van der Waals surface area contributed by atoms with Crippen molar-refractivity contribution in [3.63, 3.8) is 0 Å². The number of hydrogen-bond acceptors (Lipinski definition) is 4. The van der Waals surface area contributed by atoms with Crippen molar-refractivity contribution in [1.82, 2.24) is 9.55 Å². The number of hydrogen-bond donors (Lipinski definition) is 1. The Bertz CT molecular complexity index is 366. The van der Waals surface area contributed by atoms with E-state index in [1.807, 2.05) is 0 Å². The summed E-state index contributed by atoms with van der Waals surface area (Å²) >= 11 is 0. The number of carbonyl (C=O) groups is 1. The van der Waals surface area contributed by atoms with E-state index in [4.69, 9.17) is 10.5 Å². The fourth-order valence-electron chi connectivity index (χ4n) is 1.26. The molecule has 0 aliphatic rings. The summed E-state index contributed by atoms with van der Waals surface area (Å²) in [5, 5.41) is 0. The Kier molecular flexibility index (Phi) is 4.69. The molecule has 17 heavy (non-hydrogen) atoms. The van der Waals surface area contributed by atoms with Gasteiger partial charge >= 0.3 is 5.97 Å². The van der Waals surface area contributed by atoms with Gasteiger partial charge in [0.05, 0.1) is 12.9 Å². The molecule has 1 aromatic heterocycles. The third kappa shape index (κ3) is 4.99. The lowest BCUT2D eigenvalue weighted by atomic mass is 9.93. The Morgan fingerprint density at radius 1 is 1.53 bits per heavy atom. The van der Waals surface area contributed by atoms with Gasteiger partial charge in [-0.1, -0.05) is 20.8 Å². The number of aromatic nitrogens is 2. The maximum absolute atomic E-state index is 11.6. The van der Waals surface area contributed by atoms with Gasteiger partial charge in [0.2, 0.25) is 0 Å². The van der Waals surface area contributed by atoms with Gasteiger partial charge in [-0.05, 0) is 11.8 Å². The fraction of sp³-hybridized carbons (Fsp3) is 0.667. The second-order valence-corrected chi connectivity index (χ2v) is 5.23. The Balaban J connectivity index is 2.41. The highest BCUT2D eigenvalue weighted by Gasteiger charge is 2.14. The van der Waals surface area contributed by atoms with Gasteiger partial charge < -0.3 is 15.0 Å². The number of nitrogens with zero attached hydrogens (tertiary/aromatic N) is 2. The topological polar surface area (TPSA) is 70.1 Å². The van der Waals surface area contributed by atoms with Gasteiger partial charge in [-0.15, -0.1) is 0 Å². The summed E-state index contributed by atoms with van der Waals surface area (Å²) < 4.78 is 6.93. The van der Waals surface area contributed by atoms with E-state index in [0.29, 0.717) is 25.4 Å². The van der Waals surface area contributed by atoms with Crippen molar-refractivity contribution in [2.75, 3.05) is 13.2 Å². The maximum Gasteiger partial charge on any atom is 0.358 e. The molecule has 1 rings (SSSR count). The zero-order valence-corrected chi connectivity index (χ0v) is 10.8. The third-order valence-electron chi connectivity index (χ3n) is 2.31. The third-order valence-corrected chi connectivity index (χ3v) is 2.31. The summed E-state index contributed by atoms with van der Waals surface area (Å²) in [4.78, 5) is 15.6. The molecule has 1 aromatic rings. The van der Waals surface area contributed by atoms with Crippen LogP contribution in [0.5, 0.6) is 0 Å². The first-order valence-electron chi connectivity index (χ1n) is 5.81. The van der Waals surface area contributed by atoms with Crippen LogP contribution in [0.2, 0.25) is 0 Å². The zero-order valence-electron chi connectivity index (χ0n) is 10.8. The van der Waals surface area contributed by atoms with E-state index in [2.05, 4.69) is 25.8 Å². The highest BCUT2D eigenvalue weighted by Crippen LogP contribution is 2.18. The largest absolute Gasteiger partial charge is 0.461 e. The van der Waals surface area contributed by atoms with Crippen molar-refractivity contribution in [2.24, 2.45) is 11.1 Å². The summed E-state index contributed by atoms with van der Waals surface area (Å²) in [5.74, 6) is -0.370. The SMILES string of the molecule is CC(C)(C)CCOC(=O)c1cn(CCN)cn1. The highest BCUT2D eigenvalue weighted by atomic mass is 16.5. The Hall–Kier alpha value is -1.36. The number of carbonyl (C=O) groups excluding carboxylic acids is 1. The molecule has 0 unspecified atom stereocenters. The van der Waals surface area contributed by atoms with E-state index in [0.717, 1.165) is 6.42 Å². The molecule has 5 nitrogen and oxygen atoms in total. The van der Waals surface area contributed by atoms with E-state index in [-0.39, 0.29) is 11.4 Å². The van der Waals surface area contributed by atoms with Gasteiger partial charge in [-0.2, -0.15) is 0 Å². The van der Waals surface area contributed by atoms with Crippen LogP contribution in [0.25, 0.3) is 0 Å². The minimum absolute atomic E-state index is 0.166. The molecule has 0 fully saturated rings. The number of ether oxygens (including phenoxy) is 1. The van der Waals surface area contributed by atoms with Crippen molar-refractivity contribution in [3.05, 3.63) is 18.2 Å². The standard InChI is InChI=1S/C12H21N3O2/c1-12(2,3)4-7-17-11(16)10-8-15(6-5-13)9-14-10/h8-9H,4-7,13H2,1-3H3. The normalized spacial score (nSPS) is 11.5. The van der Waals surface area contributed by atoms with Crippen LogP contribution >= 0.6 is 0 Å². The smallest absolute Gasteiger partial charge is 0.358 e. The van der Waals surface area contributed by atoms with Crippen molar-refractivity contribution >= 4 is 5.97 Å². The van der Waals surface area contributed by atoms with Crippen LogP contribution < -0.4 is 5.73 Å². The summed E-state index contributed by atoms with van der Waals surface area (Å²) in [6.07, 6.45) is 4.09. The van der Waals surface area contributed by atoms with Gasteiger partial charge in [0, 0.05) is 19.3 Å². The molecule has 0 radical (unpaired) electrons. The predicted octanol–water partition coefficient (Wildman–Crippen LogP) is 1.43. The van der Waals surface area contributed by atoms with Crippen LogP contribution in [0, 0.1) is 5.41 Å². The van der Waals surface area contributed by atoms with E-state index < -0.39 is 0 Å². The van der Waals surface area contributed by atoms with Crippen molar-refractivity contribution in [3.8, 4) is 0 Å². The molecule has 0 saturated carbocycles. The molecule has 0 spiro atoms. The van der Waals surface area contributed by atoms with Gasteiger partial charge in [-0.25, -0.2) is 9.78 Å². The second-order valence-electron chi connectivity index (χ2n) is 5.23. The molecular weight excluding hydrogens is 218 g/mol. The average molecular weight is 239 g/mol. The van der Waals surface area contributed by atoms with E-state index >= 15 is 0 Å². The fourth-order valence-corrected chi connectivity index (χ4v) is 1.26. The molecule has 0 aromatic carbocycles. The first-order valence-corrected chi connectivity index (χ1v) is 5.81. The van der Waals surface area contributed by atoms with E-state index in [9.17, 15) is 4.79 Å². The lowest BCUT2D eigenvalue weighted by Gasteiger charge is -2.17. The first-order chi connectivity index (χ1) is 7.92. The monoisotopic (exact) mass is 239 g/mol. The van der Waals surface area contributed by atoms with Crippen LogP contribution in [-0.4, -0.2) is 28.7 Å². The van der Waals surface area contributed by atoms with E-state index in [1.165, 1.54) is 0 Å². The van der Waals surface area contributed by atoms with Crippen molar-refractivity contribution in [2.45, 2.75) is 33.7 Å². The zero-order chi connectivity index (χ0) is 12.9. The summed E-state index contributed by atoms with van der Waals surface area (Å²) in [7, 11) is 0. The molecule has 96 valence electrons. The minimum atomic E-state index is -0.370. The first kappa shape index (κ1) is 13.7. The number of nitrogens with two attached hydrogens (primary N) is 1. The molecular formula is C12H21N3O2. The minimum Gasteiger partial charge on any atom is -0.461 e. The summed E-state index contributed by atoms with van der Waals surface area (Å²) in [6, 6.07) is 0. The average Bonchev–Trinajstić information content (AvgIpc) is 2.65. The lowest BCUT2D eigenvalue weighted by Crippen LogP contribution is -2.13. The predicted molar refractivity (Wildman–Crippen MR) is 65.6 cm³/mol. The van der Waals surface area contributed by atoms with Gasteiger partial charge in [0.1, 0.15) is 0 Å². The van der Waals surface area contributed by atoms with Crippen LogP contribution in [0.15, 0.2) is 12.5 Å². The molecule has 0 atom stereocenters. The van der Waals surface area contributed by atoms with Crippen molar-refractivity contribution in [1.29, 1.82) is 0 Å². The van der Waals surface area contributed by atoms with Crippen LogP contribution in [0.3, 0.4) is 0 Å². The van der Waals surface area contributed by atoms with Crippen LogP contribution in [0.4, 0.5) is 0 Å². The Labute approximate surface area is 102 Å². The van der Waals surface area contributed by atoms with Gasteiger partial charge in [-0.3, -0.25) is 0 Å². The molecule has 0 aliphatic carbocycles. The molecule has 5 heteroatoms.